The number of nitrogens with zero attached hydrogens (tertiary/aromatic N) is 2. The van der Waals surface area contributed by atoms with Gasteiger partial charge in [-0.2, -0.15) is 0 Å². The van der Waals surface area contributed by atoms with Gasteiger partial charge in [0.1, 0.15) is 0 Å². The van der Waals surface area contributed by atoms with E-state index in [4.69, 9.17) is 0 Å². The van der Waals surface area contributed by atoms with Crippen LogP contribution in [-0.2, 0) is 17.9 Å². The molecule has 0 aliphatic rings. The molecule has 6 heteroatoms. The van der Waals surface area contributed by atoms with Gasteiger partial charge in [0, 0.05) is 17.8 Å². The third kappa shape index (κ3) is 3.48. The normalized spacial score (nSPS) is 10.8. The van der Waals surface area contributed by atoms with Crippen LogP contribution in [0.1, 0.15) is 16.9 Å². The molecule has 3 aromatic rings. The van der Waals surface area contributed by atoms with Gasteiger partial charge in [0.15, 0.2) is 0 Å². The molecule has 1 N–H and O–H groups in total. The fraction of sp³-hybridized carbons (Fsp3) is 0.235. The van der Waals surface area contributed by atoms with E-state index >= 15 is 0 Å². The Kier molecular flexibility index (Phi) is 4.52. The van der Waals surface area contributed by atoms with Crippen molar-refractivity contribution in [3.05, 3.63) is 62.8 Å². The van der Waals surface area contributed by atoms with E-state index in [9.17, 15) is 9.59 Å². The van der Waals surface area contributed by atoms with E-state index in [0.717, 1.165) is 4.88 Å². The number of fused-ring (bicyclic) bond motifs is 1. The number of benzene rings is 1. The van der Waals surface area contributed by atoms with Gasteiger partial charge in [-0.05, 0) is 36.1 Å². The van der Waals surface area contributed by atoms with Crippen molar-refractivity contribution in [2.24, 2.45) is 0 Å². The molecule has 0 radical (unpaired) electrons. The Labute approximate surface area is 137 Å². The predicted octanol–water partition coefficient (Wildman–Crippen LogP) is 2.47. The maximum Gasteiger partial charge on any atom is 0.261 e. The quantitative estimate of drug-likeness (QED) is 0.783. The second-order valence-electron chi connectivity index (χ2n) is 5.31. The van der Waals surface area contributed by atoms with Gasteiger partial charge in [0.05, 0.1) is 23.8 Å². The zero-order valence-electron chi connectivity index (χ0n) is 12.8. The van der Waals surface area contributed by atoms with E-state index in [1.165, 1.54) is 16.5 Å². The zero-order valence-corrected chi connectivity index (χ0v) is 13.6. The Morgan fingerprint density at radius 2 is 2.13 bits per heavy atom. The first-order valence-electron chi connectivity index (χ1n) is 7.39. The van der Waals surface area contributed by atoms with E-state index < -0.39 is 0 Å². The summed E-state index contributed by atoms with van der Waals surface area (Å²) in [6, 6.07) is 9.25. The summed E-state index contributed by atoms with van der Waals surface area (Å²) in [7, 11) is 0. The summed E-state index contributed by atoms with van der Waals surface area (Å²) in [6.45, 7) is 2.89. The highest BCUT2D eigenvalue weighted by molar-refractivity contribution is 7.10. The Hall–Kier alpha value is -2.47. The largest absolute Gasteiger partial charge is 0.351 e. The summed E-state index contributed by atoms with van der Waals surface area (Å²) in [4.78, 5) is 29.7. The molecule has 2 heterocycles. The van der Waals surface area contributed by atoms with Gasteiger partial charge >= 0.3 is 0 Å². The van der Waals surface area contributed by atoms with Crippen molar-refractivity contribution in [2.75, 3.05) is 0 Å². The predicted molar refractivity (Wildman–Crippen MR) is 91.5 cm³/mol. The molecule has 23 heavy (non-hydrogen) atoms. The molecule has 5 nitrogen and oxygen atoms in total. The number of nitrogens with one attached hydrogen (secondary N) is 1. The van der Waals surface area contributed by atoms with E-state index in [1.807, 2.05) is 30.5 Å². The van der Waals surface area contributed by atoms with Crippen LogP contribution >= 0.6 is 11.3 Å². The lowest BCUT2D eigenvalue weighted by Gasteiger charge is -2.07. The number of rotatable bonds is 5. The number of carbonyl (C=O) groups excluding carboxylic acids is 1. The van der Waals surface area contributed by atoms with Crippen LogP contribution in [0.2, 0.25) is 0 Å². The minimum Gasteiger partial charge on any atom is -0.351 e. The van der Waals surface area contributed by atoms with Crippen molar-refractivity contribution in [2.45, 2.75) is 26.4 Å². The van der Waals surface area contributed by atoms with Gasteiger partial charge in [-0.3, -0.25) is 14.2 Å². The van der Waals surface area contributed by atoms with Gasteiger partial charge in [0.25, 0.3) is 5.56 Å². The average Bonchev–Trinajstić information content (AvgIpc) is 2.98. The van der Waals surface area contributed by atoms with Gasteiger partial charge in [-0.25, -0.2) is 4.98 Å². The maximum atomic E-state index is 12.3. The van der Waals surface area contributed by atoms with Crippen molar-refractivity contribution in [1.82, 2.24) is 14.9 Å². The monoisotopic (exact) mass is 327 g/mol. The molecular weight excluding hydrogens is 310 g/mol. The summed E-state index contributed by atoms with van der Waals surface area (Å²) in [5.74, 6) is -0.0714. The molecule has 118 valence electrons. The molecule has 0 spiro atoms. The topological polar surface area (TPSA) is 64.0 Å². The highest BCUT2D eigenvalue weighted by atomic mass is 32.1. The Bertz CT molecular complexity index is 898. The molecule has 2 aromatic heterocycles. The molecule has 0 saturated heterocycles. The fourth-order valence-electron chi connectivity index (χ4n) is 2.34. The van der Waals surface area contributed by atoms with Crippen LogP contribution in [0, 0.1) is 6.92 Å². The molecule has 0 atom stereocenters. The number of thiophene rings is 1. The first-order valence-corrected chi connectivity index (χ1v) is 8.27. The fourth-order valence-corrected chi connectivity index (χ4v) is 3.19. The lowest BCUT2D eigenvalue weighted by atomic mass is 10.2. The summed E-state index contributed by atoms with van der Waals surface area (Å²) < 4.78 is 1.48. The number of aromatic nitrogens is 2. The molecule has 3 rings (SSSR count). The molecule has 0 saturated carbocycles. The van der Waals surface area contributed by atoms with Crippen molar-refractivity contribution < 1.29 is 4.79 Å². The number of amides is 1. The molecule has 0 bridgehead atoms. The highest BCUT2D eigenvalue weighted by Gasteiger charge is 2.07. The van der Waals surface area contributed by atoms with Crippen LogP contribution in [0.15, 0.2) is 46.8 Å². The lowest BCUT2D eigenvalue weighted by Crippen LogP contribution is -2.27. The smallest absolute Gasteiger partial charge is 0.261 e. The average molecular weight is 327 g/mol. The van der Waals surface area contributed by atoms with E-state index in [1.54, 1.807) is 23.5 Å². The van der Waals surface area contributed by atoms with Crippen LogP contribution in [0.4, 0.5) is 0 Å². The molecule has 0 unspecified atom stereocenters. The highest BCUT2D eigenvalue weighted by Crippen LogP contribution is 2.14. The molecule has 0 aliphatic heterocycles. The van der Waals surface area contributed by atoms with Gasteiger partial charge in [-0.15, -0.1) is 11.3 Å². The van der Waals surface area contributed by atoms with Gasteiger partial charge in [-0.1, -0.05) is 12.1 Å². The molecular formula is C17H17N3O2S. The third-order valence-electron chi connectivity index (χ3n) is 3.73. The number of hydrogen-bond donors (Lipinski definition) is 1. The minimum atomic E-state index is -0.113. The standard InChI is InChI=1S/C17H17N3O2S/c1-12-7-9-23-15(12)10-18-16(21)6-8-20-11-19-14-5-3-2-4-13(14)17(20)22/h2-5,7,9,11H,6,8,10H2,1H3,(H,18,21). The number of aryl methyl sites for hydroxylation is 2. The summed E-state index contributed by atoms with van der Waals surface area (Å²) in [5, 5.41) is 5.47. The van der Waals surface area contributed by atoms with Crippen LogP contribution in [-0.4, -0.2) is 15.5 Å². The zero-order chi connectivity index (χ0) is 16.2. The van der Waals surface area contributed by atoms with Crippen LogP contribution in [0.3, 0.4) is 0 Å². The third-order valence-corrected chi connectivity index (χ3v) is 4.75. The molecule has 1 aromatic carbocycles. The van der Waals surface area contributed by atoms with Crippen molar-refractivity contribution >= 4 is 28.1 Å². The number of carbonyl (C=O) groups is 1. The Balaban J connectivity index is 1.62. The van der Waals surface area contributed by atoms with Crippen molar-refractivity contribution in [3.63, 3.8) is 0 Å². The SMILES string of the molecule is Cc1ccsc1CNC(=O)CCn1cnc2ccccc2c1=O. The lowest BCUT2D eigenvalue weighted by molar-refractivity contribution is -0.121. The van der Waals surface area contributed by atoms with E-state index in [-0.39, 0.29) is 17.9 Å². The molecule has 1 amide bonds. The van der Waals surface area contributed by atoms with Gasteiger partial charge < -0.3 is 5.32 Å². The molecule has 0 aliphatic carbocycles. The van der Waals surface area contributed by atoms with E-state index in [2.05, 4.69) is 10.3 Å². The van der Waals surface area contributed by atoms with Crippen LogP contribution in [0.5, 0.6) is 0 Å². The van der Waals surface area contributed by atoms with Crippen LogP contribution < -0.4 is 10.9 Å². The first-order chi connectivity index (χ1) is 11.1. The number of hydrogen-bond acceptors (Lipinski definition) is 4. The van der Waals surface area contributed by atoms with Crippen LogP contribution in [0.25, 0.3) is 10.9 Å². The second-order valence-corrected chi connectivity index (χ2v) is 6.31. The van der Waals surface area contributed by atoms with Crippen molar-refractivity contribution in [1.29, 1.82) is 0 Å². The summed E-state index contributed by atoms with van der Waals surface area (Å²) in [5.41, 5.74) is 1.74. The maximum absolute atomic E-state index is 12.3. The minimum absolute atomic E-state index is 0.0714. The van der Waals surface area contributed by atoms with E-state index in [0.29, 0.717) is 24.0 Å². The first kappa shape index (κ1) is 15.4. The Morgan fingerprint density at radius 1 is 1.30 bits per heavy atom. The second kappa shape index (κ2) is 6.75. The summed E-state index contributed by atoms with van der Waals surface area (Å²) in [6.07, 6.45) is 1.76. The Morgan fingerprint density at radius 3 is 2.91 bits per heavy atom. The number of para-hydroxylation sites is 1. The molecule has 0 fully saturated rings. The summed E-state index contributed by atoms with van der Waals surface area (Å²) >= 11 is 1.63. The van der Waals surface area contributed by atoms with Gasteiger partial charge in [0.2, 0.25) is 5.91 Å². The van der Waals surface area contributed by atoms with Crippen molar-refractivity contribution in [3.8, 4) is 0 Å².